The van der Waals surface area contributed by atoms with Crippen molar-refractivity contribution >= 4 is 39.2 Å². The average Bonchev–Trinajstić information content (AvgIpc) is 2.19. The van der Waals surface area contributed by atoms with Gasteiger partial charge in [-0.1, -0.05) is 15.9 Å². The van der Waals surface area contributed by atoms with Gasteiger partial charge < -0.3 is 15.7 Å². The zero-order valence-electron chi connectivity index (χ0n) is 8.21. The van der Waals surface area contributed by atoms with Crippen molar-refractivity contribution < 1.29 is 14.7 Å². The van der Waals surface area contributed by atoms with Gasteiger partial charge in [0.25, 0.3) is 0 Å². The molecule has 6 heteroatoms. The van der Waals surface area contributed by atoms with E-state index in [1.165, 1.54) is 0 Å². The molecule has 0 bridgehead atoms. The molecule has 1 amide bonds. The minimum atomic E-state index is -0.758. The minimum Gasteiger partial charge on any atom is -0.565 e. The smallest absolute Gasteiger partial charge is 0.518 e. The molecule has 5 nitrogen and oxygen atoms in total. The van der Waals surface area contributed by atoms with Crippen LogP contribution in [0.15, 0.2) is 22.7 Å². The third kappa shape index (κ3) is 2.16. The molecule has 1 aromatic rings. The molecule has 1 aliphatic rings. The Kier molecular flexibility index (Phi) is 2.82. The summed E-state index contributed by atoms with van der Waals surface area (Å²) in [5.41, 5.74) is 1.43. The molecule has 0 radical (unpaired) electrons. The predicted molar refractivity (Wildman–Crippen MR) is 63.4 cm³/mol. The Balaban J connectivity index is 2.26. The first-order valence-corrected chi connectivity index (χ1v) is 5.47. The van der Waals surface area contributed by atoms with Crippen molar-refractivity contribution in [2.75, 3.05) is 10.6 Å². The van der Waals surface area contributed by atoms with Crippen LogP contribution in [0.4, 0.5) is 11.4 Å². The molecule has 4 N–H and O–H groups in total. The first-order chi connectivity index (χ1) is 7.56. The van der Waals surface area contributed by atoms with E-state index in [2.05, 4.69) is 26.6 Å². The van der Waals surface area contributed by atoms with Crippen LogP contribution < -0.4 is 10.6 Å². The number of amides is 1. The monoisotopic (exact) mass is 285 g/mol. The fraction of sp³-hybridized carbons (Fsp3) is 0.200. The van der Waals surface area contributed by atoms with Crippen LogP contribution in [-0.2, 0) is 9.59 Å². The molecule has 1 aromatic carbocycles. The summed E-state index contributed by atoms with van der Waals surface area (Å²) in [7, 11) is 0. The molecule has 0 saturated carbocycles. The molecule has 1 aliphatic heterocycles. The van der Waals surface area contributed by atoms with Crippen molar-refractivity contribution in [3.63, 3.8) is 0 Å². The Hall–Kier alpha value is -1.56. The van der Waals surface area contributed by atoms with Crippen molar-refractivity contribution in [2.24, 2.45) is 0 Å². The second-order valence-electron chi connectivity index (χ2n) is 3.50. The van der Waals surface area contributed by atoms with Crippen molar-refractivity contribution in [3.05, 3.63) is 22.7 Å². The first kappa shape index (κ1) is 10.9. The predicted octanol–water partition coefficient (Wildman–Crippen LogP) is 0.823. The molecule has 1 atom stereocenters. The summed E-state index contributed by atoms with van der Waals surface area (Å²) < 4.78 is 0.880. The number of anilines is 2. The number of hydrogen-bond acceptors (Lipinski definition) is 3. The number of carbonyl (C=O) groups excluding carboxylic acids is 2. The molecule has 0 aliphatic carbocycles. The van der Waals surface area contributed by atoms with E-state index in [-0.39, 0.29) is 12.3 Å². The molecule has 0 saturated heterocycles. The molecule has 84 valence electrons. The molecule has 0 spiro atoms. The van der Waals surface area contributed by atoms with Crippen molar-refractivity contribution in [1.29, 1.82) is 0 Å². The number of fused-ring (bicyclic) bond motifs is 1. The zero-order valence-corrected chi connectivity index (χ0v) is 9.80. The molecule has 0 fully saturated rings. The van der Waals surface area contributed by atoms with Crippen LogP contribution in [0, 0.1) is 0 Å². The highest BCUT2D eigenvalue weighted by Crippen LogP contribution is 2.30. The van der Waals surface area contributed by atoms with Gasteiger partial charge in [-0.3, -0.25) is 4.79 Å². The standard InChI is InChI=1S/C10H9BrN2O3/c11-5-1-2-6-7(3-5)12-8(4-9(14)15)10(16)13-6/h1-3,8,12H,4H2,(H,13,16)(H,14,15)/p+1/t8-/m0/s1. The van der Waals surface area contributed by atoms with Crippen LogP contribution >= 0.6 is 15.9 Å². The molecule has 0 unspecified atom stereocenters. The lowest BCUT2D eigenvalue weighted by Crippen LogP contribution is -2.40. The Morgan fingerprint density at radius 1 is 1.44 bits per heavy atom. The van der Waals surface area contributed by atoms with Crippen molar-refractivity contribution in [3.8, 4) is 0 Å². The van der Waals surface area contributed by atoms with Crippen LogP contribution in [-0.4, -0.2) is 23.0 Å². The third-order valence-corrected chi connectivity index (χ3v) is 2.77. The van der Waals surface area contributed by atoms with E-state index in [1.54, 1.807) is 6.07 Å². The van der Waals surface area contributed by atoms with Gasteiger partial charge in [0.05, 0.1) is 11.4 Å². The van der Waals surface area contributed by atoms with Crippen molar-refractivity contribution in [2.45, 2.75) is 12.5 Å². The van der Waals surface area contributed by atoms with Crippen LogP contribution in [0.5, 0.6) is 0 Å². The maximum atomic E-state index is 11.6. The largest absolute Gasteiger partial charge is 0.565 e. The van der Waals surface area contributed by atoms with E-state index >= 15 is 0 Å². The highest BCUT2D eigenvalue weighted by Gasteiger charge is 2.29. The van der Waals surface area contributed by atoms with Gasteiger partial charge in [-0.05, 0) is 18.2 Å². The van der Waals surface area contributed by atoms with Crippen LogP contribution in [0.2, 0.25) is 0 Å². The minimum absolute atomic E-state index is 0.127. The molecule has 0 aromatic heterocycles. The number of hydrogen-bond donors (Lipinski definition) is 2. The van der Waals surface area contributed by atoms with Gasteiger partial charge in [0.1, 0.15) is 12.5 Å². The Morgan fingerprint density at radius 2 is 2.19 bits per heavy atom. The summed E-state index contributed by atoms with van der Waals surface area (Å²) in [6.07, 6.45) is -0.127. The summed E-state index contributed by atoms with van der Waals surface area (Å²) in [6, 6.07) is 4.74. The van der Waals surface area contributed by atoms with E-state index < -0.39 is 12.0 Å². The van der Waals surface area contributed by atoms with Gasteiger partial charge in [0.2, 0.25) is 5.91 Å². The second kappa shape index (κ2) is 4.13. The zero-order chi connectivity index (χ0) is 11.7. The van der Waals surface area contributed by atoms with Crippen molar-refractivity contribution in [1.82, 2.24) is 0 Å². The van der Waals surface area contributed by atoms with E-state index in [0.29, 0.717) is 5.69 Å². The summed E-state index contributed by atoms with van der Waals surface area (Å²) >= 11 is 3.32. The fourth-order valence-electron chi connectivity index (χ4n) is 1.55. The van der Waals surface area contributed by atoms with Gasteiger partial charge in [-0.2, -0.15) is 0 Å². The molecule has 16 heavy (non-hydrogen) atoms. The first-order valence-electron chi connectivity index (χ1n) is 4.67. The van der Waals surface area contributed by atoms with E-state index in [0.717, 1.165) is 10.2 Å². The van der Waals surface area contributed by atoms with Gasteiger partial charge in [-0.25, -0.2) is 0 Å². The SMILES string of the molecule is O=C([OH2+])C[C@@H]1Nc2cc(Br)ccc2NC1=O. The maximum Gasteiger partial charge on any atom is 0.518 e. The van der Waals surface area contributed by atoms with Crippen LogP contribution in [0.1, 0.15) is 6.42 Å². The number of halogens is 1. The number of rotatable bonds is 2. The summed E-state index contributed by atoms with van der Waals surface area (Å²) in [4.78, 5) is 22.2. The van der Waals surface area contributed by atoms with E-state index in [4.69, 9.17) is 5.11 Å². The lowest BCUT2D eigenvalue weighted by Gasteiger charge is -2.25. The Labute approximate surface area is 100.0 Å². The summed E-state index contributed by atoms with van der Waals surface area (Å²) in [5.74, 6) is -1.04. The van der Waals surface area contributed by atoms with Crippen LogP contribution in [0.25, 0.3) is 0 Å². The quantitative estimate of drug-likeness (QED) is 0.790. The highest BCUT2D eigenvalue weighted by molar-refractivity contribution is 9.10. The Bertz CT molecular complexity index is 461. The van der Waals surface area contributed by atoms with Crippen LogP contribution in [0.3, 0.4) is 0 Å². The topological polar surface area (TPSA) is 81.1 Å². The molecular formula is C10H10BrN2O3+. The van der Waals surface area contributed by atoms with Gasteiger partial charge in [-0.15, -0.1) is 0 Å². The average molecular weight is 286 g/mol. The number of carbonyl (C=O) groups is 2. The fourth-order valence-corrected chi connectivity index (χ4v) is 1.91. The molecule has 1 heterocycles. The summed E-state index contributed by atoms with van der Waals surface area (Å²) in [5, 5.41) is 12.5. The van der Waals surface area contributed by atoms with E-state index in [9.17, 15) is 9.59 Å². The molecule has 2 rings (SSSR count). The number of nitrogens with one attached hydrogen (secondary N) is 2. The van der Waals surface area contributed by atoms with Gasteiger partial charge in [0, 0.05) is 9.27 Å². The highest BCUT2D eigenvalue weighted by atomic mass is 79.9. The Morgan fingerprint density at radius 3 is 2.88 bits per heavy atom. The lowest BCUT2D eigenvalue weighted by molar-refractivity contribution is -0.138. The van der Waals surface area contributed by atoms with Gasteiger partial charge >= 0.3 is 5.97 Å². The molecular weight excluding hydrogens is 276 g/mol. The lowest BCUT2D eigenvalue weighted by atomic mass is 10.1. The number of benzene rings is 1. The normalized spacial score (nSPS) is 18.3. The second-order valence-corrected chi connectivity index (χ2v) is 4.42. The summed E-state index contributed by atoms with van der Waals surface area (Å²) in [6.45, 7) is 0. The maximum absolute atomic E-state index is 11.6. The van der Waals surface area contributed by atoms with E-state index in [1.807, 2.05) is 12.1 Å². The van der Waals surface area contributed by atoms with Gasteiger partial charge in [0.15, 0.2) is 0 Å². The third-order valence-electron chi connectivity index (χ3n) is 2.28.